The maximum Gasteiger partial charge on any atom is 0.319 e. The number of nitrogens with one attached hydrogen (secondary N) is 2. The predicted octanol–water partition coefficient (Wildman–Crippen LogP) is 4.88. The highest BCUT2D eigenvalue weighted by Crippen LogP contribution is 2.34. The Labute approximate surface area is 178 Å². The molecule has 0 fully saturated rings. The Morgan fingerprint density at radius 2 is 1.81 bits per heavy atom. The Bertz CT molecular complexity index is 1130. The molecule has 7 heteroatoms. The minimum atomic E-state index is -0.850. The first-order chi connectivity index (χ1) is 14.9. The molecule has 0 saturated heterocycles. The summed E-state index contributed by atoms with van der Waals surface area (Å²) in [5, 5.41) is 5.01. The molecule has 0 saturated carbocycles. The molecule has 3 aromatic carbocycles. The number of urea groups is 1. The van der Waals surface area contributed by atoms with Crippen molar-refractivity contribution in [2.24, 2.45) is 0 Å². The average Bonchev–Trinajstić information content (AvgIpc) is 3.09. The number of benzene rings is 3. The van der Waals surface area contributed by atoms with Crippen molar-refractivity contribution in [1.29, 1.82) is 0 Å². The van der Waals surface area contributed by atoms with Gasteiger partial charge in [-0.1, -0.05) is 30.3 Å². The molecule has 0 aromatic heterocycles. The van der Waals surface area contributed by atoms with Crippen LogP contribution in [0.15, 0.2) is 66.7 Å². The van der Waals surface area contributed by atoms with Crippen LogP contribution >= 0.6 is 0 Å². The molecule has 0 radical (unpaired) electrons. The molecule has 1 aliphatic rings. The number of rotatable bonds is 4. The van der Waals surface area contributed by atoms with Crippen LogP contribution in [0.5, 0.6) is 0 Å². The number of fused-ring (bicyclic) bond motifs is 1. The lowest BCUT2D eigenvalue weighted by Crippen LogP contribution is -2.35. The molecule has 0 bridgehead atoms. The van der Waals surface area contributed by atoms with Crippen molar-refractivity contribution < 1.29 is 18.4 Å². The van der Waals surface area contributed by atoms with Crippen LogP contribution in [0.3, 0.4) is 0 Å². The Balaban J connectivity index is 1.46. The third kappa shape index (κ3) is 4.40. The second kappa shape index (κ2) is 8.55. The van der Waals surface area contributed by atoms with Crippen LogP contribution in [0.1, 0.15) is 28.4 Å². The highest BCUT2D eigenvalue weighted by molar-refractivity contribution is 6.07. The highest BCUT2D eigenvalue weighted by atomic mass is 19.1. The lowest BCUT2D eigenvalue weighted by molar-refractivity contribution is 0.0981. The standard InChI is InChI=1S/C24H21F2N3O2/c1-15-11-18-8-7-16(12-22(18)29(15)23(30)17-5-3-2-4-6-17)14-27-24(31)28-21-10-9-19(25)13-20(21)26/h2-10,12-13,15H,11,14H2,1H3,(H2,27,28,31). The maximum atomic E-state index is 13.7. The van der Waals surface area contributed by atoms with E-state index in [2.05, 4.69) is 10.6 Å². The number of hydrogen-bond donors (Lipinski definition) is 2. The zero-order valence-corrected chi connectivity index (χ0v) is 16.9. The van der Waals surface area contributed by atoms with Crippen LogP contribution in [0.4, 0.5) is 25.0 Å². The summed E-state index contributed by atoms with van der Waals surface area (Å²) in [5.41, 5.74) is 3.20. The molecule has 4 rings (SSSR count). The zero-order chi connectivity index (χ0) is 22.0. The molecule has 1 unspecified atom stereocenters. The minimum absolute atomic E-state index is 0.0238. The van der Waals surface area contributed by atoms with Gasteiger partial charge in [-0.3, -0.25) is 4.79 Å². The molecule has 0 aliphatic carbocycles. The quantitative estimate of drug-likeness (QED) is 0.631. The van der Waals surface area contributed by atoms with Gasteiger partial charge in [-0.15, -0.1) is 0 Å². The van der Waals surface area contributed by atoms with Crippen molar-refractivity contribution in [3.63, 3.8) is 0 Å². The van der Waals surface area contributed by atoms with Crippen LogP contribution < -0.4 is 15.5 Å². The summed E-state index contributed by atoms with van der Waals surface area (Å²) < 4.78 is 26.7. The summed E-state index contributed by atoms with van der Waals surface area (Å²) in [6, 6.07) is 17.2. The fraction of sp³-hybridized carbons (Fsp3) is 0.167. The van der Waals surface area contributed by atoms with Gasteiger partial charge in [-0.05, 0) is 54.8 Å². The van der Waals surface area contributed by atoms with Crippen molar-refractivity contribution in [3.8, 4) is 0 Å². The van der Waals surface area contributed by atoms with Crippen LogP contribution in [0.25, 0.3) is 0 Å². The highest BCUT2D eigenvalue weighted by Gasteiger charge is 2.31. The van der Waals surface area contributed by atoms with Gasteiger partial charge < -0.3 is 15.5 Å². The van der Waals surface area contributed by atoms with Crippen LogP contribution in [-0.4, -0.2) is 18.0 Å². The number of carbonyl (C=O) groups is 2. The molecule has 1 atom stereocenters. The molecule has 2 N–H and O–H groups in total. The Morgan fingerprint density at radius 3 is 2.55 bits per heavy atom. The van der Waals surface area contributed by atoms with Gasteiger partial charge in [0, 0.05) is 29.9 Å². The number of amides is 3. The SMILES string of the molecule is CC1Cc2ccc(CNC(=O)Nc3ccc(F)cc3F)cc2N1C(=O)c1ccccc1. The number of halogens is 2. The molecule has 158 valence electrons. The van der Waals surface area contributed by atoms with Gasteiger partial charge in [0.25, 0.3) is 5.91 Å². The monoisotopic (exact) mass is 421 g/mol. The van der Waals surface area contributed by atoms with Gasteiger partial charge in [0.05, 0.1) is 5.69 Å². The van der Waals surface area contributed by atoms with E-state index in [0.717, 1.165) is 35.4 Å². The van der Waals surface area contributed by atoms with Gasteiger partial charge in [0.15, 0.2) is 0 Å². The van der Waals surface area contributed by atoms with Gasteiger partial charge >= 0.3 is 6.03 Å². The van der Waals surface area contributed by atoms with Crippen molar-refractivity contribution in [2.75, 3.05) is 10.2 Å². The molecule has 5 nitrogen and oxygen atoms in total. The zero-order valence-electron chi connectivity index (χ0n) is 16.9. The lowest BCUT2D eigenvalue weighted by atomic mass is 10.1. The maximum absolute atomic E-state index is 13.7. The normalized spacial score (nSPS) is 14.8. The summed E-state index contributed by atoms with van der Waals surface area (Å²) >= 11 is 0. The molecule has 0 spiro atoms. The third-order valence-corrected chi connectivity index (χ3v) is 5.24. The Hall–Kier alpha value is -3.74. The first-order valence-corrected chi connectivity index (χ1v) is 9.92. The van der Waals surface area contributed by atoms with E-state index in [4.69, 9.17) is 0 Å². The number of hydrogen-bond acceptors (Lipinski definition) is 2. The van der Waals surface area contributed by atoms with Crippen molar-refractivity contribution in [2.45, 2.75) is 25.9 Å². The van der Waals surface area contributed by atoms with Gasteiger partial charge in [0.1, 0.15) is 11.6 Å². The molecular weight excluding hydrogens is 400 g/mol. The molecule has 1 heterocycles. The summed E-state index contributed by atoms with van der Waals surface area (Å²) in [7, 11) is 0. The largest absolute Gasteiger partial charge is 0.334 e. The Kier molecular flexibility index (Phi) is 5.66. The van der Waals surface area contributed by atoms with E-state index in [1.807, 2.05) is 43.3 Å². The van der Waals surface area contributed by atoms with Crippen molar-refractivity contribution >= 4 is 23.3 Å². The first kappa shape index (κ1) is 20.5. The minimum Gasteiger partial charge on any atom is -0.334 e. The fourth-order valence-electron chi connectivity index (χ4n) is 3.73. The Morgan fingerprint density at radius 1 is 1.03 bits per heavy atom. The van der Waals surface area contributed by atoms with E-state index in [1.165, 1.54) is 0 Å². The fourth-order valence-corrected chi connectivity index (χ4v) is 3.73. The molecular formula is C24H21F2N3O2. The molecule has 3 aromatic rings. The van der Waals surface area contributed by atoms with E-state index >= 15 is 0 Å². The van der Waals surface area contributed by atoms with E-state index in [0.29, 0.717) is 11.6 Å². The third-order valence-electron chi connectivity index (χ3n) is 5.24. The summed E-state index contributed by atoms with van der Waals surface area (Å²) in [5.74, 6) is -1.64. The number of carbonyl (C=O) groups excluding carboxylic acids is 2. The van der Waals surface area contributed by atoms with E-state index in [1.54, 1.807) is 17.0 Å². The predicted molar refractivity (Wildman–Crippen MR) is 115 cm³/mol. The van der Waals surface area contributed by atoms with E-state index < -0.39 is 17.7 Å². The van der Waals surface area contributed by atoms with Gasteiger partial charge in [0.2, 0.25) is 0 Å². The summed E-state index contributed by atoms with van der Waals surface area (Å²) in [6.45, 7) is 2.19. The van der Waals surface area contributed by atoms with Crippen LogP contribution in [0.2, 0.25) is 0 Å². The first-order valence-electron chi connectivity index (χ1n) is 9.92. The van der Waals surface area contributed by atoms with Crippen LogP contribution in [0, 0.1) is 11.6 Å². The second-order valence-corrected chi connectivity index (χ2v) is 7.49. The molecule has 31 heavy (non-hydrogen) atoms. The lowest BCUT2D eigenvalue weighted by Gasteiger charge is -2.23. The summed E-state index contributed by atoms with van der Waals surface area (Å²) in [6.07, 6.45) is 0.756. The molecule has 3 amide bonds. The topological polar surface area (TPSA) is 61.4 Å². The van der Waals surface area contributed by atoms with Crippen molar-refractivity contribution in [3.05, 3.63) is 95.1 Å². The number of anilines is 2. The van der Waals surface area contributed by atoms with Gasteiger partial charge in [-0.2, -0.15) is 0 Å². The van der Waals surface area contributed by atoms with E-state index in [-0.39, 0.29) is 24.2 Å². The van der Waals surface area contributed by atoms with Crippen LogP contribution in [-0.2, 0) is 13.0 Å². The smallest absolute Gasteiger partial charge is 0.319 e. The van der Waals surface area contributed by atoms with Gasteiger partial charge in [-0.25, -0.2) is 13.6 Å². The second-order valence-electron chi connectivity index (χ2n) is 7.49. The molecule has 1 aliphatic heterocycles. The average molecular weight is 421 g/mol. The summed E-state index contributed by atoms with van der Waals surface area (Å²) in [4.78, 5) is 26.9. The van der Waals surface area contributed by atoms with Crippen molar-refractivity contribution in [1.82, 2.24) is 5.32 Å². The number of nitrogens with zero attached hydrogens (tertiary/aromatic N) is 1. The van der Waals surface area contributed by atoms with E-state index in [9.17, 15) is 18.4 Å².